The molecule has 3 aromatic rings. The maximum atomic E-state index is 15.1. The standard InChI is InChI=1S/C30H2F8N8/c31-23-15(6-44)24(32)28(36)21(27(23)35)13(4-42)19-18(12(3-41)17-10(1-39)8-46-9-11(17)2-40)20(19)14(5-43)22-29(37)25(33)16(7-45)26(34)30(22)38/h8-9H/b18-12-,19-13?,20-14-. The first-order chi connectivity index (χ1) is 21.9. The van der Waals surface area contributed by atoms with Gasteiger partial charge in [-0.1, -0.05) is 0 Å². The quantitative estimate of drug-likeness (QED) is 0.195. The molecule has 0 N–H and O–H groups in total. The molecule has 0 atom stereocenters. The number of halogens is 8. The molecule has 0 amide bonds. The third-order valence-corrected chi connectivity index (χ3v) is 6.46. The molecule has 0 aliphatic heterocycles. The van der Waals surface area contributed by atoms with Crippen molar-refractivity contribution >= 4 is 16.7 Å². The second-order valence-corrected chi connectivity index (χ2v) is 8.65. The minimum absolute atomic E-state index is 0.536. The van der Waals surface area contributed by atoms with E-state index in [1.165, 1.54) is 18.2 Å². The molecule has 218 valence electrons. The Bertz CT molecular complexity index is 2170. The molecule has 0 unspecified atom stereocenters. The van der Waals surface area contributed by atoms with Gasteiger partial charge in [0.25, 0.3) is 0 Å². The van der Waals surface area contributed by atoms with Gasteiger partial charge in [-0.15, -0.1) is 0 Å². The maximum Gasteiger partial charge on any atom is 0.180 e. The zero-order valence-electron chi connectivity index (χ0n) is 21.8. The number of rotatable bonds is 3. The highest BCUT2D eigenvalue weighted by Gasteiger charge is 2.45. The monoisotopic (exact) mass is 626 g/mol. The van der Waals surface area contributed by atoms with Crippen molar-refractivity contribution in [3.63, 3.8) is 0 Å². The first-order valence-electron chi connectivity index (χ1n) is 11.7. The van der Waals surface area contributed by atoms with Crippen molar-refractivity contribution < 1.29 is 35.1 Å². The number of aromatic nitrogens is 1. The highest BCUT2D eigenvalue weighted by atomic mass is 19.2. The molecule has 1 saturated carbocycles. The number of nitriles is 7. The fourth-order valence-electron chi connectivity index (χ4n) is 4.45. The lowest BCUT2D eigenvalue weighted by Gasteiger charge is -2.08. The highest BCUT2D eigenvalue weighted by molar-refractivity contribution is 6.12. The summed E-state index contributed by atoms with van der Waals surface area (Å²) in [6.07, 6.45) is 1.66. The van der Waals surface area contributed by atoms with E-state index in [4.69, 9.17) is 10.5 Å². The summed E-state index contributed by atoms with van der Waals surface area (Å²) in [5.74, 6) is -18.5. The van der Waals surface area contributed by atoms with E-state index in [0.717, 1.165) is 24.5 Å². The minimum Gasteiger partial charge on any atom is -0.262 e. The lowest BCUT2D eigenvalue weighted by Crippen LogP contribution is -2.06. The van der Waals surface area contributed by atoms with E-state index < -0.39 is 119 Å². The van der Waals surface area contributed by atoms with E-state index in [0.29, 0.717) is 0 Å². The number of allylic oxidation sites excluding steroid dienone is 6. The van der Waals surface area contributed by atoms with Gasteiger partial charge in [-0.3, -0.25) is 4.98 Å². The number of hydrogen-bond donors (Lipinski definition) is 0. The van der Waals surface area contributed by atoms with Crippen molar-refractivity contribution in [2.24, 2.45) is 0 Å². The maximum absolute atomic E-state index is 15.1. The van der Waals surface area contributed by atoms with Gasteiger partial charge in [0, 0.05) is 34.7 Å². The Morgan fingerprint density at radius 3 is 0.935 bits per heavy atom. The van der Waals surface area contributed by atoms with Crippen LogP contribution >= 0.6 is 0 Å². The molecule has 1 aromatic heterocycles. The molecule has 4 rings (SSSR count). The Morgan fingerprint density at radius 2 is 0.696 bits per heavy atom. The van der Waals surface area contributed by atoms with Crippen LogP contribution in [-0.2, 0) is 0 Å². The molecule has 1 aliphatic carbocycles. The summed E-state index contributed by atoms with van der Waals surface area (Å²) in [5.41, 5.74) is -15.6. The molecule has 2 aromatic carbocycles. The molecular weight excluding hydrogens is 624 g/mol. The van der Waals surface area contributed by atoms with Crippen LogP contribution in [0.3, 0.4) is 0 Å². The molecule has 1 aliphatic rings. The molecule has 16 heteroatoms. The van der Waals surface area contributed by atoms with Crippen LogP contribution in [0.1, 0.15) is 38.9 Å². The predicted octanol–water partition coefficient (Wildman–Crippen LogP) is 5.93. The summed E-state index contributed by atoms with van der Waals surface area (Å²) in [7, 11) is 0. The van der Waals surface area contributed by atoms with Gasteiger partial charge in [-0.05, 0) is 0 Å². The van der Waals surface area contributed by atoms with Crippen LogP contribution in [0.5, 0.6) is 0 Å². The van der Waals surface area contributed by atoms with Crippen molar-refractivity contribution in [1.82, 2.24) is 4.98 Å². The summed E-state index contributed by atoms with van der Waals surface area (Å²) in [6.45, 7) is 0. The number of nitrogens with zero attached hydrogens (tertiary/aromatic N) is 8. The topological polar surface area (TPSA) is 179 Å². The summed E-state index contributed by atoms with van der Waals surface area (Å²) in [5, 5.41) is 66.9. The molecule has 0 spiro atoms. The Kier molecular flexibility index (Phi) is 8.08. The highest BCUT2D eigenvalue weighted by Crippen LogP contribution is 2.57. The summed E-state index contributed by atoms with van der Waals surface area (Å²) in [6, 6.07) is 8.75. The zero-order chi connectivity index (χ0) is 34.2. The molecular formula is C30H2F8N8. The van der Waals surface area contributed by atoms with Gasteiger partial charge < -0.3 is 0 Å². The molecule has 0 saturated heterocycles. The van der Waals surface area contributed by atoms with Gasteiger partial charge >= 0.3 is 0 Å². The Labute approximate surface area is 251 Å². The number of hydrogen-bond acceptors (Lipinski definition) is 8. The Balaban J connectivity index is 2.36. The summed E-state index contributed by atoms with van der Waals surface area (Å²) in [4.78, 5) is 3.61. The zero-order valence-corrected chi connectivity index (χ0v) is 21.8. The van der Waals surface area contributed by atoms with E-state index >= 15 is 17.6 Å². The lowest BCUT2D eigenvalue weighted by atomic mass is 9.96. The average molecular weight is 626 g/mol. The van der Waals surface area contributed by atoms with Gasteiger partial charge in [-0.2, -0.15) is 36.8 Å². The Hall–Kier alpha value is -7.32. The van der Waals surface area contributed by atoms with Gasteiger partial charge in [0.05, 0.1) is 39.0 Å². The van der Waals surface area contributed by atoms with Gasteiger partial charge in [-0.25, -0.2) is 35.1 Å². The summed E-state index contributed by atoms with van der Waals surface area (Å²) < 4.78 is 119. The lowest BCUT2D eigenvalue weighted by molar-refractivity contribution is 0.446. The third kappa shape index (κ3) is 4.43. The van der Waals surface area contributed by atoms with E-state index in [-0.39, 0.29) is 0 Å². The predicted molar refractivity (Wildman–Crippen MR) is 133 cm³/mol. The first kappa shape index (κ1) is 31.6. The molecule has 1 heterocycles. The van der Waals surface area contributed by atoms with Gasteiger partial charge in [0.15, 0.2) is 46.5 Å². The minimum atomic E-state index is -2.34. The molecule has 0 bridgehead atoms. The smallest absolute Gasteiger partial charge is 0.180 e. The third-order valence-electron chi connectivity index (χ3n) is 6.46. The van der Waals surface area contributed by atoms with Crippen molar-refractivity contribution in [3.8, 4) is 42.5 Å². The van der Waals surface area contributed by atoms with E-state index in [2.05, 4.69) is 4.98 Å². The largest absolute Gasteiger partial charge is 0.262 e. The van der Waals surface area contributed by atoms with Crippen LogP contribution in [0.25, 0.3) is 16.7 Å². The van der Waals surface area contributed by atoms with Crippen molar-refractivity contribution in [2.45, 2.75) is 0 Å². The SMILES string of the molecule is N#CC(=C1C(=C(\C#N)c2c(C#N)cncc2C#N)/C1=C(\C#N)c1c(F)c(F)c(C#N)c(F)c1F)c1c(F)c(F)c(C#N)c(F)c1F. The van der Waals surface area contributed by atoms with Crippen LogP contribution in [0, 0.1) is 126 Å². The van der Waals surface area contributed by atoms with Crippen LogP contribution in [0.15, 0.2) is 29.1 Å². The van der Waals surface area contributed by atoms with Crippen LogP contribution < -0.4 is 0 Å². The van der Waals surface area contributed by atoms with Crippen molar-refractivity contribution in [1.29, 1.82) is 36.8 Å². The van der Waals surface area contributed by atoms with Crippen LogP contribution in [-0.4, -0.2) is 4.98 Å². The first-order valence-corrected chi connectivity index (χ1v) is 11.7. The van der Waals surface area contributed by atoms with Crippen molar-refractivity contribution in [2.75, 3.05) is 0 Å². The second kappa shape index (κ2) is 11.8. The van der Waals surface area contributed by atoms with Gasteiger partial charge in [0.2, 0.25) is 0 Å². The summed E-state index contributed by atoms with van der Waals surface area (Å²) >= 11 is 0. The average Bonchev–Trinajstić information content (AvgIpc) is 3.77. The van der Waals surface area contributed by atoms with Crippen LogP contribution in [0.4, 0.5) is 35.1 Å². The van der Waals surface area contributed by atoms with E-state index in [1.807, 2.05) is 0 Å². The second-order valence-electron chi connectivity index (χ2n) is 8.65. The Morgan fingerprint density at radius 1 is 0.413 bits per heavy atom. The number of benzene rings is 2. The fraction of sp³-hybridized carbons (Fsp3) is 0. The fourth-order valence-corrected chi connectivity index (χ4v) is 4.45. The van der Waals surface area contributed by atoms with E-state index in [9.17, 15) is 43.9 Å². The van der Waals surface area contributed by atoms with Crippen LogP contribution in [0.2, 0.25) is 0 Å². The molecule has 46 heavy (non-hydrogen) atoms. The van der Waals surface area contributed by atoms with Crippen molar-refractivity contribution in [3.05, 3.63) is 115 Å². The van der Waals surface area contributed by atoms with Gasteiger partial charge in [0.1, 0.15) is 53.6 Å². The normalized spacial score (nSPS) is 14.7. The molecule has 0 radical (unpaired) electrons. The molecule has 8 nitrogen and oxygen atoms in total. The van der Waals surface area contributed by atoms with E-state index in [1.54, 1.807) is 12.1 Å². The number of pyridine rings is 1. The molecule has 1 fully saturated rings.